The Morgan fingerprint density at radius 3 is 2.60 bits per heavy atom. The van der Waals surface area contributed by atoms with Gasteiger partial charge in [-0.1, -0.05) is 0 Å². The number of aromatic nitrogens is 6. The number of aryl methyl sites for hydroxylation is 1. The van der Waals surface area contributed by atoms with Crippen molar-refractivity contribution in [1.82, 2.24) is 29.7 Å². The van der Waals surface area contributed by atoms with Crippen molar-refractivity contribution in [1.29, 1.82) is 0 Å². The van der Waals surface area contributed by atoms with Crippen molar-refractivity contribution >= 4 is 11.2 Å². The maximum atomic E-state index is 13.2. The first kappa shape index (κ1) is 15.3. The summed E-state index contributed by atoms with van der Waals surface area (Å²) in [5, 5.41) is 3.54. The van der Waals surface area contributed by atoms with E-state index in [2.05, 4.69) is 25.0 Å². The second kappa shape index (κ2) is 5.40. The lowest BCUT2D eigenvalue weighted by molar-refractivity contribution is -0.140. The standard InChI is InChI=1S/C16H11F3N6/c1-25-7-12(14(24-25)16(17,18)19)10-4-9(5-20-6-10)11-2-3-21-15-13(11)22-8-23-15/h2-8H,1H3,(H,21,22,23). The Morgan fingerprint density at radius 1 is 1.08 bits per heavy atom. The maximum absolute atomic E-state index is 13.2. The molecular weight excluding hydrogens is 333 g/mol. The van der Waals surface area contributed by atoms with E-state index in [9.17, 15) is 13.2 Å². The van der Waals surface area contributed by atoms with Crippen molar-refractivity contribution in [2.45, 2.75) is 6.18 Å². The molecule has 0 fully saturated rings. The van der Waals surface area contributed by atoms with Crippen LogP contribution in [-0.4, -0.2) is 29.7 Å². The third-order valence-corrected chi connectivity index (χ3v) is 3.78. The molecule has 0 aliphatic heterocycles. The van der Waals surface area contributed by atoms with Crippen LogP contribution in [0.3, 0.4) is 0 Å². The van der Waals surface area contributed by atoms with Crippen molar-refractivity contribution in [3.05, 3.63) is 48.9 Å². The van der Waals surface area contributed by atoms with Crippen LogP contribution in [-0.2, 0) is 13.2 Å². The van der Waals surface area contributed by atoms with Crippen LogP contribution < -0.4 is 0 Å². The first-order chi connectivity index (χ1) is 11.9. The second-order valence-corrected chi connectivity index (χ2v) is 5.48. The summed E-state index contributed by atoms with van der Waals surface area (Å²) in [5.74, 6) is 0. The van der Waals surface area contributed by atoms with Gasteiger partial charge in [0.25, 0.3) is 0 Å². The van der Waals surface area contributed by atoms with E-state index in [-0.39, 0.29) is 5.56 Å². The van der Waals surface area contributed by atoms with Gasteiger partial charge in [0.2, 0.25) is 0 Å². The van der Waals surface area contributed by atoms with Gasteiger partial charge >= 0.3 is 6.18 Å². The minimum atomic E-state index is -4.54. The van der Waals surface area contributed by atoms with E-state index in [0.29, 0.717) is 22.3 Å². The number of pyridine rings is 2. The van der Waals surface area contributed by atoms with Gasteiger partial charge in [-0.05, 0) is 12.1 Å². The zero-order valence-corrected chi connectivity index (χ0v) is 12.9. The van der Waals surface area contributed by atoms with Crippen molar-refractivity contribution in [3.8, 4) is 22.3 Å². The summed E-state index contributed by atoms with van der Waals surface area (Å²) in [5.41, 5.74) is 2.03. The summed E-state index contributed by atoms with van der Waals surface area (Å²) in [4.78, 5) is 15.3. The molecule has 0 radical (unpaired) electrons. The van der Waals surface area contributed by atoms with Gasteiger partial charge in [-0.25, -0.2) is 9.97 Å². The monoisotopic (exact) mass is 344 g/mol. The fourth-order valence-electron chi connectivity index (χ4n) is 2.73. The van der Waals surface area contributed by atoms with Gasteiger partial charge in [-0.15, -0.1) is 0 Å². The molecule has 0 aliphatic rings. The molecule has 126 valence electrons. The average Bonchev–Trinajstić information content (AvgIpc) is 3.20. The zero-order chi connectivity index (χ0) is 17.6. The number of nitrogens with zero attached hydrogens (tertiary/aromatic N) is 5. The Balaban J connectivity index is 1.88. The third-order valence-electron chi connectivity index (χ3n) is 3.78. The molecule has 0 unspecified atom stereocenters. The number of nitrogens with one attached hydrogen (secondary N) is 1. The van der Waals surface area contributed by atoms with Crippen LogP contribution in [0.2, 0.25) is 0 Å². The third kappa shape index (κ3) is 2.63. The van der Waals surface area contributed by atoms with Crippen molar-refractivity contribution in [3.63, 3.8) is 0 Å². The molecule has 9 heteroatoms. The fraction of sp³-hybridized carbons (Fsp3) is 0.125. The predicted molar refractivity (Wildman–Crippen MR) is 84.3 cm³/mol. The van der Waals surface area contributed by atoms with Gasteiger partial charge in [0.15, 0.2) is 11.3 Å². The van der Waals surface area contributed by atoms with Crippen molar-refractivity contribution < 1.29 is 13.2 Å². The van der Waals surface area contributed by atoms with E-state index in [1.54, 1.807) is 24.5 Å². The number of rotatable bonds is 2. The lowest BCUT2D eigenvalue weighted by Gasteiger charge is -2.08. The minimum Gasteiger partial charge on any atom is -0.343 e. The maximum Gasteiger partial charge on any atom is 0.435 e. The molecule has 4 rings (SSSR count). The van der Waals surface area contributed by atoms with Crippen LogP contribution in [0, 0.1) is 0 Å². The van der Waals surface area contributed by atoms with Gasteiger partial charge in [0.1, 0.15) is 0 Å². The van der Waals surface area contributed by atoms with E-state index >= 15 is 0 Å². The van der Waals surface area contributed by atoms with Gasteiger partial charge in [-0.3, -0.25) is 9.67 Å². The van der Waals surface area contributed by atoms with Gasteiger partial charge in [-0.2, -0.15) is 18.3 Å². The van der Waals surface area contributed by atoms with E-state index < -0.39 is 11.9 Å². The molecule has 0 amide bonds. The zero-order valence-electron chi connectivity index (χ0n) is 12.9. The summed E-state index contributed by atoms with van der Waals surface area (Å²) in [6.45, 7) is 0. The second-order valence-electron chi connectivity index (χ2n) is 5.48. The normalized spacial score (nSPS) is 12.0. The molecule has 4 aromatic rings. The molecular formula is C16H11F3N6. The topological polar surface area (TPSA) is 72.3 Å². The highest BCUT2D eigenvalue weighted by molar-refractivity contribution is 5.90. The van der Waals surface area contributed by atoms with E-state index in [1.165, 1.54) is 25.8 Å². The van der Waals surface area contributed by atoms with Crippen LogP contribution in [0.1, 0.15) is 5.69 Å². The lowest BCUT2D eigenvalue weighted by atomic mass is 10.0. The van der Waals surface area contributed by atoms with Crippen molar-refractivity contribution in [2.75, 3.05) is 0 Å². The lowest BCUT2D eigenvalue weighted by Crippen LogP contribution is -2.08. The van der Waals surface area contributed by atoms with E-state index in [1.807, 2.05) is 0 Å². The number of fused-ring (bicyclic) bond motifs is 1. The number of halogens is 3. The first-order valence-electron chi connectivity index (χ1n) is 7.28. The molecule has 1 N–H and O–H groups in total. The quantitative estimate of drug-likeness (QED) is 0.605. The summed E-state index contributed by atoms with van der Waals surface area (Å²) in [7, 11) is 1.45. The smallest absolute Gasteiger partial charge is 0.343 e. The number of aromatic amines is 1. The highest BCUT2D eigenvalue weighted by Gasteiger charge is 2.37. The van der Waals surface area contributed by atoms with E-state index in [0.717, 1.165) is 10.2 Å². The molecule has 0 aliphatic carbocycles. The molecule has 0 saturated heterocycles. The summed E-state index contributed by atoms with van der Waals surface area (Å²) < 4.78 is 40.8. The number of imidazole rings is 1. The van der Waals surface area contributed by atoms with Crippen LogP contribution in [0.5, 0.6) is 0 Å². The van der Waals surface area contributed by atoms with E-state index in [4.69, 9.17) is 0 Å². The molecule has 6 nitrogen and oxygen atoms in total. The molecule has 25 heavy (non-hydrogen) atoms. The van der Waals surface area contributed by atoms with Gasteiger partial charge in [0, 0.05) is 54.1 Å². The van der Waals surface area contributed by atoms with Crippen LogP contribution >= 0.6 is 0 Å². The Labute approximate surface area is 139 Å². The largest absolute Gasteiger partial charge is 0.435 e. The number of hydrogen-bond acceptors (Lipinski definition) is 4. The van der Waals surface area contributed by atoms with Gasteiger partial charge < -0.3 is 4.98 Å². The average molecular weight is 344 g/mol. The fourth-order valence-corrected chi connectivity index (χ4v) is 2.73. The SMILES string of the molecule is Cn1cc(-c2cncc(-c3ccnc4nc[nH]c34)c2)c(C(F)(F)F)n1. The highest BCUT2D eigenvalue weighted by Crippen LogP contribution is 2.37. The summed E-state index contributed by atoms with van der Waals surface area (Å²) in [6.07, 6.45) is 2.88. The van der Waals surface area contributed by atoms with Crippen LogP contribution in [0.4, 0.5) is 13.2 Å². The Hall–Kier alpha value is -3.23. The Morgan fingerprint density at radius 2 is 1.84 bits per heavy atom. The molecule has 0 bridgehead atoms. The molecule has 0 aromatic carbocycles. The first-order valence-corrected chi connectivity index (χ1v) is 7.28. The minimum absolute atomic E-state index is 0.0146. The highest BCUT2D eigenvalue weighted by atomic mass is 19.4. The summed E-state index contributed by atoms with van der Waals surface area (Å²) >= 11 is 0. The molecule has 4 aromatic heterocycles. The molecule has 0 spiro atoms. The summed E-state index contributed by atoms with van der Waals surface area (Å²) in [6, 6.07) is 3.41. The predicted octanol–water partition coefficient (Wildman–Crippen LogP) is 3.44. The van der Waals surface area contributed by atoms with Crippen LogP contribution in [0.15, 0.2) is 43.2 Å². The Bertz CT molecular complexity index is 1060. The number of alkyl halides is 3. The number of H-pyrrole nitrogens is 1. The molecule has 0 atom stereocenters. The molecule has 0 saturated carbocycles. The van der Waals surface area contributed by atoms with Gasteiger partial charge in [0.05, 0.1) is 11.8 Å². The molecule has 4 heterocycles. The van der Waals surface area contributed by atoms with Crippen molar-refractivity contribution in [2.24, 2.45) is 7.05 Å². The van der Waals surface area contributed by atoms with Crippen LogP contribution in [0.25, 0.3) is 33.4 Å². The number of hydrogen-bond donors (Lipinski definition) is 1. The Kier molecular flexibility index (Phi) is 3.31.